The Balaban J connectivity index is 0.000000821. The lowest BCUT2D eigenvalue weighted by Gasteiger charge is -2.27. The van der Waals surface area contributed by atoms with Crippen LogP contribution in [0.1, 0.15) is 144 Å². The fourth-order valence-corrected chi connectivity index (χ4v) is 5.85. The monoisotopic (exact) mass is 605 g/mol. The minimum absolute atomic E-state index is 0.411. The second-order valence-electron chi connectivity index (χ2n) is 11.9. The van der Waals surface area contributed by atoms with Crippen molar-refractivity contribution in [3.05, 3.63) is 29.3 Å². The van der Waals surface area contributed by atoms with Crippen LogP contribution in [-0.4, -0.2) is 74.7 Å². The zero-order valence-corrected chi connectivity index (χ0v) is 30.3. The van der Waals surface area contributed by atoms with Crippen LogP contribution < -0.4 is 4.74 Å². The van der Waals surface area contributed by atoms with E-state index in [0.717, 1.165) is 51.1 Å². The summed E-state index contributed by atoms with van der Waals surface area (Å²) in [6.07, 6.45) is 15.1. The zero-order valence-electron chi connectivity index (χ0n) is 30.3. The molecule has 43 heavy (non-hydrogen) atoms. The highest BCUT2D eigenvalue weighted by Crippen LogP contribution is 2.38. The number of unbranched alkanes of at least 4 members (excludes halogenated alkanes) is 3. The van der Waals surface area contributed by atoms with E-state index in [1.807, 2.05) is 27.7 Å². The van der Waals surface area contributed by atoms with E-state index >= 15 is 0 Å². The van der Waals surface area contributed by atoms with Gasteiger partial charge in [0.1, 0.15) is 12.0 Å². The standard InChI is InChI=1S/C21H29NO3.C9H21N.C4H10.2C2H6/c1-15(20-3-2-9-24-20)11-19-13-18(14-22(19)7-8-23)16-4-5-21-17(12-16)6-10-25-21;1-4-6-8-10(3)9-7-5-2;1-3-4-2;2*1-2/h4-5,8,12,15,18-20H,2-3,6-7,9-11,13-14H2,1H3;4-9H2,1-3H3;3-4H2,1-2H3;2*1-2H3. The molecule has 1 aromatic rings. The van der Waals surface area contributed by atoms with Gasteiger partial charge in [-0.25, -0.2) is 0 Å². The van der Waals surface area contributed by atoms with E-state index in [0.29, 0.717) is 30.5 Å². The first-order valence-electron chi connectivity index (χ1n) is 18.2. The molecule has 3 aliphatic heterocycles. The van der Waals surface area contributed by atoms with Crippen LogP contribution in [0.15, 0.2) is 18.2 Å². The van der Waals surface area contributed by atoms with E-state index in [-0.39, 0.29) is 0 Å². The van der Waals surface area contributed by atoms with Crippen LogP contribution >= 0.6 is 0 Å². The van der Waals surface area contributed by atoms with Crippen molar-refractivity contribution in [3.8, 4) is 5.75 Å². The van der Waals surface area contributed by atoms with E-state index in [9.17, 15) is 4.79 Å². The number of aldehydes is 1. The van der Waals surface area contributed by atoms with Crippen molar-refractivity contribution in [2.75, 3.05) is 46.4 Å². The van der Waals surface area contributed by atoms with Crippen molar-refractivity contribution in [1.29, 1.82) is 0 Å². The maximum atomic E-state index is 11.2. The molecule has 0 spiro atoms. The smallest absolute Gasteiger partial charge is 0.133 e. The minimum atomic E-state index is 0.411. The number of hydrogen-bond donors (Lipinski definition) is 0. The maximum absolute atomic E-state index is 11.2. The summed E-state index contributed by atoms with van der Waals surface area (Å²) in [5.41, 5.74) is 2.75. The number of rotatable bonds is 13. The van der Waals surface area contributed by atoms with Gasteiger partial charge in [-0.3, -0.25) is 4.90 Å². The lowest BCUT2D eigenvalue weighted by molar-refractivity contribution is -0.109. The van der Waals surface area contributed by atoms with Gasteiger partial charge < -0.3 is 19.2 Å². The largest absolute Gasteiger partial charge is 0.493 e. The molecule has 1 aromatic carbocycles. The summed E-state index contributed by atoms with van der Waals surface area (Å²) in [4.78, 5) is 16.0. The third-order valence-electron chi connectivity index (χ3n) is 8.55. The quantitative estimate of drug-likeness (QED) is 0.210. The van der Waals surface area contributed by atoms with E-state index in [1.54, 1.807) is 0 Å². The number of ether oxygens (including phenoxy) is 2. The first-order chi connectivity index (χ1) is 21.0. The lowest BCUT2D eigenvalue weighted by Crippen LogP contribution is -2.34. The highest BCUT2D eigenvalue weighted by Gasteiger charge is 2.35. The summed E-state index contributed by atoms with van der Waals surface area (Å²) in [5, 5.41) is 0. The average molecular weight is 605 g/mol. The van der Waals surface area contributed by atoms with Crippen LogP contribution in [0.5, 0.6) is 5.75 Å². The number of hydrogen-bond acceptors (Lipinski definition) is 5. The molecule has 2 saturated heterocycles. The van der Waals surface area contributed by atoms with Gasteiger partial charge in [0.25, 0.3) is 0 Å². The molecule has 4 unspecified atom stereocenters. The molecule has 0 amide bonds. The van der Waals surface area contributed by atoms with Crippen molar-refractivity contribution in [2.45, 2.75) is 151 Å². The van der Waals surface area contributed by atoms with Crippen molar-refractivity contribution in [2.24, 2.45) is 5.92 Å². The molecule has 4 atom stereocenters. The first kappa shape index (κ1) is 41.6. The summed E-state index contributed by atoms with van der Waals surface area (Å²) < 4.78 is 11.5. The van der Waals surface area contributed by atoms with E-state index < -0.39 is 0 Å². The van der Waals surface area contributed by atoms with Gasteiger partial charge in [0.05, 0.1) is 19.3 Å². The first-order valence-corrected chi connectivity index (χ1v) is 18.2. The predicted octanol–water partition coefficient (Wildman–Crippen LogP) is 9.56. The highest BCUT2D eigenvalue weighted by molar-refractivity contribution is 5.52. The third-order valence-corrected chi connectivity index (χ3v) is 8.55. The number of carbonyl (C=O) groups is 1. The number of nitrogens with zero attached hydrogens (tertiary/aromatic N) is 2. The summed E-state index contributed by atoms with van der Waals surface area (Å²) in [6.45, 7) is 25.0. The molecule has 0 aromatic heterocycles. The molecule has 0 aliphatic carbocycles. The van der Waals surface area contributed by atoms with Gasteiger partial charge >= 0.3 is 0 Å². The van der Waals surface area contributed by atoms with Crippen LogP contribution in [0.3, 0.4) is 0 Å². The Bertz CT molecular complexity index is 770. The highest BCUT2D eigenvalue weighted by atomic mass is 16.5. The molecule has 4 rings (SSSR count). The maximum Gasteiger partial charge on any atom is 0.133 e. The summed E-state index contributed by atoms with van der Waals surface area (Å²) in [5.74, 6) is 2.14. The molecular weight excluding hydrogens is 532 g/mol. The number of benzene rings is 1. The molecule has 0 bridgehead atoms. The third kappa shape index (κ3) is 16.5. The van der Waals surface area contributed by atoms with Crippen LogP contribution in [0.4, 0.5) is 0 Å². The summed E-state index contributed by atoms with van der Waals surface area (Å²) >= 11 is 0. The molecule has 0 N–H and O–H groups in total. The molecular formula is C38H72N2O3. The molecule has 3 heterocycles. The second kappa shape index (κ2) is 26.9. The van der Waals surface area contributed by atoms with Crippen molar-refractivity contribution >= 4 is 6.29 Å². The van der Waals surface area contributed by atoms with Gasteiger partial charge in [-0.15, -0.1) is 0 Å². The predicted molar refractivity (Wildman–Crippen MR) is 188 cm³/mol. The van der Waals surface area contributed by atoms with Gasteiger partial charge in [-0.2, -0.15) is 0 Å². The van der Waals surface area contributed by atoms with Crippen molar-refractivity contribution < 1.29 is 14.3 Å². The molecule has 252 valence electrons. The van der Waals surface area contributed by atoms with E-state index in [4.69, 9.17) is 9.47 Å². The SMILES string of the molecule is CC.CC.CC(CC1CC(c2ccc3c(c2)CCO3)CN1CC=O)C1CCCO1.CCCC.CCCCN(C)CCCC. The Kier molecular flexibility index (Phi) is 26.0. The number of fused-ring (bicyclic) bond motifs is 1. The zero-order chi connectivity index (χ0) is 32.5. The molecule has 2 fully saturated rings. The Morgan fingerprint density at radius 3 is 2.16 bits per heavy atom. The van der Waals surface area contributed by atoms with Crippen LogP contribution in [-0.2, 0) is 16.0 Å². The average Bonchev–Trinajstić information content (AvgIpc) is 3.83. The fourth-order valence-electron chi connectivity index (χ4n) is 5.85. The van der Waals surface area contributed by atoms with Crippen LogP contribution in [0.2, 0.25) is 0 Å². The number of likely N-dealkylation sites (tertiary alicyclic amines) is 1. The Morgan fingerprint density at radius 2 is 1.63 bits per heavy atom. The van der Waals surface area contributed by atoms with Crippen LogP contribution in [0.25, 0.3) is 0 Å². The summed E-state index contributed by atoms with van der Waals surface area (Å²) in [6, 6.07) is 7.17. The minimum Gasteiger partial charge on any atom is -0.493 e. The topological polar surface area (TPSA) is 42.0 Å². The number of carbonyl (C=O) groups excluding carboxylic acids is 1. The Labute approximate surface area is 268 Å². The van der Waals surface area contributed by atoms with Crippen LogP contribution in [0, 0.1) is 5.92 Å². The van der Waals surface area contributed by atoms with Gasteiger partial charge in [0, 0.05) is 25.6 Å². The Hall–Kier alpha value is -1.43. The van der Waals surface area contributed by atoms with E-state index in [2.05, 4.69) is 69.7 Å². The van der Waals surface area contributed by atoms with Crippen molar-refractivity contribution in [1.82, 2.24) is 9.80 Å². The Morgan fingerprint density at radius 1 is 0.977 bits per heavy atom. The molecule has 0 saturated carbocycles. The van der Waals surface area contributed by atoms with Gasteiger partial charge in [0.2, 0.25) is 0 Å². The fraction of sp³-hybridized carbons (Fsp3) is 0.816. The summed E-state index contributed by atoms with van der Waals surface area (Å²) in [7, 11) is 2.21. The van der Waals surface area contributed by atoms with Crippen molar-refractivity contribution in [3.63, 3.8) is 0 Å². The molecule has 0 radical (unpaired) electrons. The lowest BCUT2D eigenvalue weighted by atomic mass is 9.89. The van der Waals surface area contributed by atoms with Gasteiger partial charge in [-0.05, 0) is 87.7 Å². The van der Waals surface area contributed by atoms with Gasteiger partial charge in [0.15, 0.2) is 0 Å². The molecule has 5 heteroatoms. The molecule has 3 aliphatic rings. The second-order valence-corrected chi connectivity index (χ2v) is 11.9. The van der Waals surface area contributed by atoms with Gasteiger partial charge in [-0.1, -0.05) is 100 Å². The normalized spacial score (nSPS) is 21.0. The van der Waals surface area contributed by atoms with E-state index in [1.165, 1.54) is 75.6 Å². The molecule has 5 nitrogen and oxygen atoms in total.